The van der Waals surface area contributed by atoms with Crippen molar-refractivity contribution >= 4 is 38.9 Å². The van der Waals surface area contributed by atoms with Gasteiger partial charge < -0.3 is 14.4 Å². The number of carbonyl (C=O) groups is 1. The van der Waals surface area contributed by atoms with E-state index in [1.165, 1.54) is 16.4 Å². The summed E-state index contributed by atoms with van der Waals surface area (Å²) in [7, 11) is -0.697. The smallest absolute Gasteiger partial charge is 0.243 e. The quantitative estimate of drug-likeness (QED) is 0.259. The van der Waals surface area contributed by atoms with E-state index < -0.39 is 10.0 Å². The van der Waals surface area contributed by atoms with Crippen LogP contribution in [-0.4, -0.2) is 57.4 Å². The van der Waals surface area contributed by atoms with Crippen LogP contribution in [0.5, 0.6) is 11.5 Å². The second-order valence-corrected chi connectivity index (χ2v) is 11.9. The second-order valence-electron chi connectivity index (χ2n) is 8.48. The molecule has 0 radical (unpaired) electrons. The van der Waals surface area contributed by atoms with Crippen molar-refractivity contribution < 1.29 is 22.7 Å². The van der Waals surface area contributed by atoms with E-state index in [1.54, 1.807) is 42.6 Å². The van der Waals surface area contributed by atoms with Gasteiger partial charge in [0.25, 0.3) is 0 Å². The van der Waals surface area contributed by atoms with Crippen LogP contribution in [0.15, 0.2) is 64.9 Å². The number of thiophene rings is 1. The summed E-state index contributed by atoms with van der Waals surface area (Å²) < 4.78 is 38.9. The highest BCUT2D eigenvalue weighted by Gasteiger charge is 2.28. The number of nitrogens with zero attached hydrogens (tertiary/aromatic N) is 2. The molecule has 1 amide bonds. The lowest BCUT2D eigenvalue weighted by Gasteiger charge is -2.27. The van der Waals surface area contributed by atoms with Crippen LogP contribution in [0.25, 0.3) is 0 Å². The minimum Gasteiger partial charge on any atom is -0.493 e. The number of sulfonamides is 1. The topological polar surface area (TPSA) is 76.2 Å². The van der Waals surface area contributed by atoms with E-state index in [9.17, 15) is 13.2 Å². The van der Waals surface area contributed by atoms with Crippen LogP contribution in [0, 0.1) is 0 Å². The SMILES string of the molecule is CCCCN(CC(=O)N(CCc1ccc(OC)c(OC)c1)Cc1cccs1)S(=O)(=O)c1ccc(Cl)cc1. The Hall–Kier alpha value is -2.59. The lowest BCUT2D eigenvalue weighted by atomic mass is 10.1. The number of methoxy groups -OCH3 is 2. The Bertz CT molecular complexity index is 1250. The van der Waals surface area contributed by atoms with Crippen molar-refractivity contribution in [3.63, 3.8) is 0 Å². The number of unbranched alkanes of at least 4 members (excludes halogenated alkanes) is 1. The van der Waals surface area contributed by atoms with E-state index in [0.29, 0.717) is 42.5 Å². The summed E-state index contributed by atoms with van der Waals surface area (Å²) in [5.74, 6) is 1.01. The number of rotatable bonds is 14. The van der Waals surface area contributed by atoms with E-state index in [1.807, 2.05) is 42.6 Å². The van der Waals surface area contributed by atoms with Crippen LogP contribution >= 0.6 is 22.9 Å². The summed E-state index contributed by atoms with van der Waals surface area (Å²) in [5.41, 5.74) is 0.984. The predicted molar refractivity (Wildman–Crippen MR) is 148 cm³/mol. The minimum atomic E-state index is -3.87. The third-order valence-electron chi connectivity index (χ3n) is 5.92. The fraction of sp³-hybridized carbons (Fsp3) is 0.370. The normalized spacial score (nSPS) is 11.5. The summed E-state index contributed by atoms with van der Waals surface area (Å²) in [5, 5.41) is 2.41. The summed E-state index contributed by atoms with van der Waals surface area (Å²) in [6.45, 7) is 2.85. The van der Waals surface area contributed by atoms with Crippen molar-refractivity contribution in [2.24, 2.45) is 0 Å². The maximum atomic E-state index is 13.6. The van der Waals surface area contributed by atoms with E-state index in [2.05, 4.69) is 0 Å². The van der Waals surface area contributed by atoms with Crippen molar-refractivity contribution in [1.82, 2.24) is 9.21 Å². The highest BCUT2D eigenvalue weighted by atomic mass is 35.5. The first-order chi connectivity index (χ1) is 17.8. The van der Waals surface area contributed by atoms with Gasteiger partial charge in [0.15, 0.2) is 11.5 Å². The first kappa shape index (κ1) is 29.0. The highest BCUT2D eigenvalue weighted by molar-refractivity contribution is 7.89. The Balaban J connectivity index is 1.81. The van der Waals surface area contributed by atoms with Gasteiger partial charge in [-0.3, -0.25) is 4.79 Å². The summed E-state index contributed by atoms with van der Waals surface area (Å²) in [6, 6.07) is 15.6. The molecular weight excluding hydrogens is 532 g/mol. The first-order valence-corrected chi connectivity index (χ1v) is 14.7. The lowest BCUT2D eigenvalue weighted by molar-refractivity contribution is -0.132. The highest BCUT2D eigenvalue weighted by Crippen LogP contribution is 2.28. The van der Waals surface area contributed by atoms with E-state index in [4.69, 9.17) is 21.1 Å². The molecule has 7 nitrogen and oxygen atoms in total. The molecule has 2 aromatic carbocycles. The van der Waals surface area contributed by atoms with Gasteiger partial charge in [0, 0.05) is 23.0 Å². The first-order valence-electron chi connectivity index (χ1n) is 12.0. The van der Waals surface area contributed by atoms with Crippen molar-refractivity contribution in [1.29, 1.82) is 0 Å². The maximum Gasteiger partial charge on any atom is 0.243 e. The molecule has 37 heavy (non-hydrogen) atoms. The molecular formula is C27H33ClN2O5S2. The molecule has 1 heterocycles. The third-order valence-corrected chi connectivity index (χ3v) is 8.89. The molecule has 0 saturated carbocycles. The van der Waals surface area contributed by atoms with Crippen LogP contribution in [0.1, 0.15) is 30.2 Å². The lowest BCUT2D eigenvalue weighted by Crippen LogP contribution is -2.43. The van der Waals surface area contributed by atoms with E-state index in [-0.39, 0.29) is 23.9 Å². The summed E-state index contributed by atoms with van der Waals surface area (Å²) in [4.78, 5) is 16.4. The number of halogens is 1. The zero-order valence-corrected chi connectivity index (χ0v) is 23.7. The predicted octanol–water partition coefficient (Wildman–Crippen LogP) is 5.48. The summed E-state index contributed by atoms with van der Waals surface area (Å²) in [6.07, 6.45) is 2.03. The molecule has 0 aliphatic carbocycles. The van der Waals surface area contributed by atoms with Gasteiger partial charge in [-0.1, -0.05) is 37.1 Å². The van der Waals surface area contributed by atoms with Gasteiger partial charge in [0.1, 0.15) is 0 Å². The molecule has 0 saturated heterocycles. The van der Waals surface area contributed by atoms with Crippen molar-refractivity contribution in [2.45, 2.75) is 37.6 Å². The average molecular weight is 565 g/mol. The molecule has 0 fully saturated rings. The fourth-order valence-corrected chi connectivity index (χ4v) is 6.08. The van der Waals surface area contributed by atoms with Crippen LogP contribution in [0.4, 0.5) is 0 Å². The van der Waals surface area contributed by atoms with Gasteiger partial charge in [-0.05, 0) is 66.2 Å². The molecule has 1 aromatic heterocycles. The van der Waals surface area contributed by atoms with Crippen LogP contribution in [-0.2, 0) is 27.8 Å². The maximum absolute atomic E-state index is 13.6. The largest absolute Gasteiger partial charge is 0.493 e. The fourth-order valence-electron chi connectivity index (χ4n) is 3.81. The van der Waals surface area contributed by atoms with Crippen molar-refractivity contribution in [3.8, 4) is 11.5 Å². The Kier molecular flexibility index (Phi) is 10.8. The number of benzene rings is 2. The van der Waals surface area contributed by atoms with E-state index in [0.717, 1.165) is 16.9 Å². The second kappa shape index (κ2) is 13.8. The molecule has 10 heteroatoms. The molecule has 200 valence electrons. The molecule has 3 rings (SSSR count). The number of carbonyl (C=O) groups excluding carboxylic acids is 1. The van der Waals surface area contributed by atoms with Gasteiger partial charge >= 0.3 is 0 Å². The van der Waals surface area contributed by atoms with Gasteiger partial charge in [0.05, 0.1) is 32.2 Å². The number of amides is 1. The zero-order chi connectivity index (χ0) is 26.8. The van der Waals surface area contributed by atoms with Crippen LogP contribution < -0.4 is 9.47 Å². The Labute approximate surface area is 228 Å². The zero-order valence-electron chi connectivity index (χ0n) is 21.4. The third kappa shape index (κ3) is 7.95. The molecule has 0 unspecified atom stereocenters. The van der Waals surface area contributed by atoms with E-state index >= 15 is 0 Å². The molecule has 0 atom stereocenters. The van der Waals surface area contributed by atoms with Gasteiger partial charge in [-0.25, -0.2) is 8.42 Å². The van der Waals surface area contributed by atoms with Crippen molar-refractivity contribution in [2.75, 3.05) is 33.9 Å². The summed E-state index contributed by atoms with van der Waals surface area (Å²) >= 11 is 7.52. The van der Waals surface area contributed by atoms with Gasteiger partial charge in [0.2, 0.25) is 15.9 Å². The number of hydrogen-bond donors (Lipinski definition) is 0. The Morgan fingerprint density at radius 3 is 2.35 bits per heavy atom. The number of ether oxygens (including phenoxy) is 2. The molecule has 0 aliphatic heterocycles. The van der Waals surface area contributed by atoms with Gasteiger partial charge in [-0.2, -0.15) is 4.31 Å². The van der Waals surface area contributed by atoms with Crippen LogP contribution in [0.2, 0.25) is 5.02 Å². The molecule has 0 bridgehead atoms. The minimum absolute atomic E-state index is 0.121. The monoisotopic (exact) mass is 564 g/mol. The van der Waals surface area contributed by atoms with Crippen molar-refractivity contribution in [3.05, 3.63) is 75.4 Å². The molecule has 0 aliphatic rings. The Morgan fingerprint density at radius 2 is 1.73 bits per heavy atom. The molecule has 0 N–H and O–H groups in total. The Morgan fingerprint density at radius 1 is 1.00 bits per heavy atom. The molecule has 0 spiro atoms. The average Bonchev–Trinajstić information content (AvgIpc) is 3.42. The number of hydrogen-bond acceptors (Lipinski definition) is 6. The van der Waals surface area contributed by atoms with Crippen LogP contribution in [0.3, 0.4) is 0 Å². The molecule has 3 aromatic rings. The van der Waals surface area contributed by atoms with Gasteiger partial charge in [-0.15, -0.1) is 11.3 Å². The standard InChI is InChI=1S/C27H33ClN2O5S2/c1-4-5-15-30(37(32,33)24-11-9-22(28)10-12-24)20-27(31)29(19-23-7-6-17-36-23)16-14-21-8-13-25(34-2)26(18-21)35-3/h6-13,17-18H,4-5,14-16,19-20H2,1-3H3.